The van der Waals surface area contributed by atoms with Crippen molar-refractivity contribution in [3.05, 3.63) is 65.9 Å². The van der Waals surface area contributed by atoms with E-state index in [1.165, 1.54) is 5.56 Å². The van der Waals surface area contributed by atoms with E-state index in [0.717, 1.165) is 38.2 Å². The van der Waals surface area contributed by atoms with Crippen LogP contribution < -0.4 is 10.1 Å². The average molecular weight is 491 g/mol. The summed E-state index contributed by atoms with van der Waals surface area (Å²) in [5.41, 5.74) is 2.60. The molecule has 0 radical (unpaired) electrons. The molecule has 8 nitrogen and oxygen atoms in total. The third kappa shape index (κ3) is 6.53. The van der Waals surface area contributed by atoms with Crippen LogP contribution >= 0.6 is 0 Å². The fraction of sp³-hybridized carbons (Fsp3) is 0.357. The molecule has 0 aliphatic carbocycles. The highest BCUT2D eigenvalue weighted by Crippen LogP contribution is 2.31. The summed E-state index contributed by atoms with van der Waals surface area (Å²) >= 11 is 0. The molecule has 3 aromatic rings. The Labute approximate surface area is 211 Å². The number of piperazine rings is 1. The number of hydrogen-bond donors (Lipinski definition) is 2. The highest BCUT2D eigenvalue weighted by molar-refractivity contribution is 6.11. The van der Waals surface area contributed by atoms with Crippen molar-refractivity contribution >= 4 is 34.5 Å². The minimum Gasteiger partial charge on any atom is -0.494 e. The molecule has 0 saturated carbocycles. The van der Waals surface area contributed by atoms with Crippen LogP contribution in [0.4, 0.5) is 5.69 Å². The van der Waals surface area contributed by atoms with Crippen molar-refractivity contribution in [1.82, 2.24) is 14.8 Å². The number of anilines is 1. The lowest BCUT2D eigenvalue weighted by molar-refractivity contribution is -0.117. The standard InChI is InChI=1S/C28H34N4O4/c1-3-35-22-12-13-24-23(19-22)26(27(29-24)28(34)36-4-2)30-25(33)20-32-17-15-31(16-18-32)14-8-11-21-9-6-5-7-10-21/h5-13,19,29H,3-4,14-18,20H2,1-2H3,(H,30,33). The van der Waals surface area contributed by atoms with Gasteiger partial charge in [-0.1, -0.05) is 42.5 Å². The number of benzene rings is 2. The number of hydrogen-bond acceptors (Lipinski definition) is 6. The zero-order valence-corrected chi connectivity index (χ0v) is 21.0. The highest BCUT2D eigenvalue weighted by Gasteiger charge is 2.23. The van der Waals surface area contributed by atoms with Crippen molar-refractivity contribution in [2.45, 2.75) is 13.8 Å². The molecule has 1 aliphatic rings. The molecule has 0 bridgehead atoms. The van der Waals surface area contributed by atoms with Gasteiger partial charge in [-0.15, -0.1) is 0 Å². The fourth-order valence-electron chi connectivity index (χ4n) is 4.33. The number of carbonyl (C=O) groups excluding carboxylic acids is 2. The quantitative estimate of drug-likeness (QED) is 0.418. The smallest absolute Gasteiger partial charge is 0.356 e. The number of carbonyl (C=O) groups is 2. The van der Waals surface area contributed by atoms with Gasteiger partial charge in [0.05, 0.1) is 25.4 Å². The predicted molar refractivity (Wildman–Crippen MR) is 142 cm³/mol. The van der Waals surface area contributed by atoms with E-state index in [1.54, 1.807) is 6.92 Å². The van der Waals surface area contributed by atoms with Crippen LogP contribution in [0.2, 0.25) is 0 Å². The van der Waals surface area contributed by atoms with Gasteiger partial charge in [-0.2, -0.15) is 0 Å². The zero-order valence-electron chi connectivity index (χ0n) is 21.0. The normalized spacial score (nSPS) is 14.8. The molecular weight excluding hydrogens is 456 g/mol. The maximum Gasteiger partial charge on any atom is 0.356 e. The fourth-order valence-corrected chi connectivity index (χ4v) is 4.33. The second-order valence-corrected chi connectivity index (χ2v) is 8.67. The number of nitrogens with zero attached hydrogens (tertiary/aromatic N) is 2. The molecule has 0 atom stereocenters. The zero-order chi connectivity index (χ0) is 25.3. The second-order valence-electron chi connectivity index (χ2n) is 8.67. The summed E-state index contributed by atoms with van der Waals surface area (Å²) in [4.78, 5) is 33.2. The van der Waals surface area contributed by atoms with Crippen LogP contribution in [0.25, 0.3) is 17.0 Å². The summed E-state index contributed by atoms with van der Waals surface area (Å²) < 4.78 is 10.8. The molecule has 0 spiro atoms. The van der Waals surface area contributed by atoms with Gasteiger partial charge in [0.2, 0.25) is 5.91 Å². The summed E-state index contributed by atoms with van der Waals surface area (Å²) in [5.74, 6) is 0.00663. The Kier molecular flexibility index (Phi) is 8.76. The third-order valence-electron chi connectivity index (χ3n) is 6.13. The number of amides is 1. The molecule has 1 aromatic heterocycles. The predicted octanol–water partition coefficient (Wildman–Crippen LogP) is 4.01. The second kappa shape index (κ2) is 12.4. The SMILES string of the molecule is CCOC(=O)c1[nH]c2ccc(OCC)cc2c1NC(=O)CN1CCN(CC=Cc2ccccc2)CC1. The largest absolute Gasteiger partial charge is 0.494 e. The van der Waals surface area contributed by atoms with Crippen molar-refractivity contribution in [2.75, 3.05) is 57.8 Å². The average Bonchev–Trinajstić information content (AvgIpc) is 3.24. The lowest BCUT2D eigenvalue weighted by Gasteiger charge is -2.33. The molecule has 2 aromatic carbocycles. The number of ether oxygens (including phenoxy) is 2. The summed E-state index contributed by atoms with van der Waals surface area (Å²) in [5, 5.41) is 3.68. The van der Waals surface area contributed by atoms with Gasteiger partial charge in [0.15, 0.2) is 0 Å². The van der Waals surface area contributed by atoms with Gasteiger partial charge >= 0.3 is 5.97 Å². The Hall–Kier alpha value is -3.62. The van der Waals surface area contributed by atoms with Gasteiger partial charge in [-0.05, 0) is 37.6 Å². The summed E-state index contributed by atoms with van der Waals surface area (Å²) in [6.07, 6.45) is 4.32. The molecule has 190 valence electrons. The van der Waals surface area contributed by atoms with Crippen molar-refractivity contribution < 1.29 is 19.1 Å². The van der Waals surface area contributed by atoms with Crippen LogP contribution in [0, 0.1) is 0 Å². The number of rotatable bonds is 10. The number of fused-ring (bicyclic) bond motifs is 1. The van der Waals surface area contributed by atoms with Gasteiger partial charge in [-0.3, -0.25) is 14.6 Å². The van der Waals surface area contributed by atoms with Gasteiger partial charge in [0.25, 0.3) is 0 Å². The minimum absolute atomic E-state index is 0.166. The van der Waals surface area contributed by atoms with Crippen LogP contribution in [-0.4, -0.2) is 79.1 Å². The van der Waals surface area contributed by atoms with E-state index in [2.05, 4.69) is 44.4 Å². The molecule has 1 saturated heterocycles. The van der Waals surface area contributed by atoms with Crippen LogP contribution in [0.15, 0.2) is 54.6 Å². The van der Waals surface area contributed by atoms with Crippen molar-refractivity contribution in [1.29, 1.82) is 0 Å². The molecule has 2 heterocycles. The maximum atomic E-state index is 13.0. The topological polar surface area (TPSA) is 86.9 Å². The molecule has 4 rings (SSSR count). The lowest BCUT2D eigenvalue weighted by atomic mass is 10.2. The van der Waals surface area contributed by atoms with E-state index in [4.69, 9.17) is 9.47 Å². The molecule has 8 heteroatoms. The first kappa shape index (κ1) is 25.5. The third-order valence-corrected chi connectivity index (χ3v) is 6.13. The number of esters is 1. The maximum absolute atomic E-state index is 13.0. The molecule has 1 amide bonds. The summed E-state index contributed by atoms with van der Waals surface area (Å²) in [6, 6.07) is 15.8. The highest BCUT2D eigenvalue weighted by atomic mass is 16.5. The molecule has 36 heavy (non-hydrogen) atoms. The lowest BCUT2D eigenvalue weighted by Crippen LogP contribution is -2.48. The Morgan fingerprint density at radius 1 is 1.00 bits per heavy atom. The van der Waals surface area contributed by atoms with Crippen LogP contribution in [-0.2, 0) is 9.53 Å². The minimum atomic E-state index is -0.501. The van der Waals surface area contributed by atoms with Crippen LogP contribution in [0.5, 0.6) is 5.75 Å². The first-order chi connectivity index (χ1) is 17.6. The Morgan fingerprint density at radius 2 is 1.75 bits per heavy atom. The van der Waals surface area contributed by atoms with E-state index < -0.39 is 5.97 Å². The van der Waals surface area contributed by atoms with Gasteiger partial charge in [0, 0.05) is 43.6 Å². The van der Waals surface area contributed by atoms with Crippen LogP contribution in [0.1, 0.15) is 29.9 Å². The molecule has 2 N–H and O–H groups in total. The van der Waals surface area contributed by atoms with Crippen molar-refractivity contribution in [2.24, 2.45) is 0 Å². The summed E-state index contributed by atoms with van der Waals surface area (Å²) in [7, 11) is 0. The van der Waals surface area contributed by atoms with Crippen molar-refractivity contribution in [3.8, 4) is 5.75 Å². The Morgan fingerprint density at radius 3 is 2.47 bits per heavy atom. The van der Waals surface area contributed by atoms with Crippen LogP contribution in [0.3, 0.4) is 0 Å². The van der Waals surface area contributed by atoms with E-state index >= 15 is 0 Å². The molecule has 0 unspecified atom stereocenters. The van der Waals surface area contributed by atoms with E-state index in [0.29, 0.717) is 23.4 Å². The molecular formula is C28H34N4O4. The summed E-state index contributed by atoms with van der Waals surface area (Å²) in [6.45, 7) is 8.97. The Bertz CT molecular complexity index is 1200. The first-order valence-corrected chi connectivity index (χ1v) is 12.5. The molecule has 1 fully saturated rings. The van der Waals surface area contributed by atoms with E-state index in [9.17, 15) is 9.59 Å². The first-order valence-electron chi connectivity index (χ1n) is 12.5. The Balaban J connectivity index is 1.36. The monoisotopic (exact) mass is 490 g/mol. The number of H-pyrrole nitrogens is 1. The number of aromatic nitrogens is 1. The van der Waals surface area contributed by atoms with Gasteiger partial charge in [-0.25, -0.2) is 4.79 Å². The van der Waals surface area contributed by atoms with E-state index in [-0.39, 0.29) is 24.8 Å². The van der Waals surface area contributed by atoms with Gasteiger partial charge < -0.3 is 19.8 Å². The number of aromatic amines is 1. The van der Waals surface area contributed by atoms with E-state index in [1.807, 2.05) is 43.3 Å². The van der Waals surface area contributed by atoms with Gasteiger partial charge in [0.1, 0.15) is 11.4 Å². The van der Waals surface area contributed by atoms with Crippen molar-refractivity contribution in [3.63, 3.8) is 0 Å². The molecule has 1 aliphatic heterocycles. The number of nitrogens with one attached hydrogen (secondary N) is 2.